The van der Waals surface area contributed by atoms with Crippen LogP contribution in [-0.2, 0) is 38.0 Å². The van der Waals surface area contributed by atoms with Gasteiger partial charge in [0.2, 0.25) is 0 Å². The molecule has 4 unspecified atom stereocenters. The molecule has 62 heavy (non-hydrogen) atoms. The maximum Gasteiger partial charge on any atom is 0.306 e. The zero-order valence-electron chi connectivity index (χ0n) is 38.1. The zero-order valence-corrected chi connectivity index (χ0v) is 38.1. The summed E-state index contributed by atoms with van der Waals surface area (Å²) in [7, 11) is 0. The Labute approximate surface area is 371 Å². The van der Waals surface area contributed by atoms with Gasteiger partial charge in [-0.3, -0.25) is 9.59 Å². The van der Waals surface area contributed by atoms with Crippen LogP contribution in [0.3, 0.4) is 0 Å². The summed E-state index contributed by atoms with van der Waals surface area (Å²) in [5.41, 5.74) is 0. The van der Waals surface area contributed by atoms with Crippen molar-refractivity contribution in [3.63, 3.8) is 0 Å². The van der Waals surface area contributed by atoms with E-state index in [4.69, 9.17) is 28.4 Å². The molecule has 2 aliphatic rings. The minimum Gasteiger partial charge on any atom is -0.462 e. The third-order valence-corrected chi connectivity index (χ3v) is 11.7. The smallest absolute Gasteiger partial charge is 0.306 e. The van der Waals surface area contributed by atoms with Crippen molar-refractivity contribution < 1.29 is 73.8 Å². The third-order valence-electron chi connectivity index (χ3n) is 11.7. The van der Waals surface area contributed by atoms with E-state index < -0.39 is 92.7 Å². The highest BCUT2D eigenvalue weighted by Gasteiger charge is 2.47. The standard InChI is InChI=1S/C47H86O15/c1-3-5-7-9-11-13-15-17-19-21-23-25-27-29-38(49)57-32-35(60-39(50)30-28-26-24-22-20-18-16-14-12-10-8-6-4-2)33-58-46-45(56)43(54)41(52)37(62-46)34-59-47-44(55)42(53)40(51)36(31-48)61-47/h17,19,35-37,40-48,51-56H,3-16,18,20-34H2,1-2H3/b19-17+/t35-,36-,37-,40+,41+,42?,43?,44?,45?,46-,47-/m1/s1. The number of rotatable bonds is 37. The normalized spacial score (nSPS) is 27.1. The number of hydrogen-bond acceptors (Lipinski definition) is 15. The van der Waals surface area contributed by atoms with Gasteiger partial charge < -0.3 is 64.2 Å². The van der Waals surface area contributed by atoms with E-state index >= 15 is 0 Å². The number of allylic oxidation sites excluding steroid dienone is 2. The summed E-state index contributed by atoms with van der Waals surface area (Å²) in [6.07, 6.45) is 15.3. The van der Waals surface area contributed by atoms with Crippen LogP contribution in [0.1, 0.15) is 181 Å². The largest absolute Gasteiger partial charge is 0.462 e. The monoisotopic (exact) mass is 891 g/mol. The third kappa shape index (κ3) is 24.0. The number of hydrogen-bond donors (Lipinski definition) is 7. The molecule has 11 atom stereocenters. The van der Waals surface area contributed by atoms with E-state index in [0.29, 0.717) is 12.8 Å². The van der Waals surface area contributed by atoms with E-state index in [0.717, 1.165) is 44.9 Å². The lowest BCUT2D eigenvalue weighted by Gasteiger charge is -2.42. The molecule has 0 aromatic rings. The number of aliphatic hydroxyl groups is 7. The maximum absolute atomic E-state index is 12.9. The highest BCUT2D eigenvalue weighted by molar-refractivity contribution is 5.70. The number of carbonyl (C=O) groups excluding carboxylic acids is 2. The number of esters is 2. The van der Waals surface area contributed by atoms with Crippen molar-refractivity contribution in [1.82, 2.24) is 0 Å². The first kappa shape index (κ1) is 56.4. The van der Waals surface area contributed by atoms with Gasteiger partial charge in [0.25, 0.3) is 0 Å². The van der Waals surface area contributed by atoms with Crippen molar-refractivity contribution in [2.45, 2.75) is 248 Å². The molecular weight excluding hydrogens is 805 g/mol. The molecule has 0 aromatic carbocycles. The van der Waals surface area contributed by atoms with Gasteiger partial charge in [0.15, 0.2) is 18.7 Å². The van der Waals surface area contributed by atoms with Gasteiger partial charge in [-0.05, 0) is 38.5 Å². The van der Waals surface area contributed by atoms with Gasteiger partial charge in [0, 0.05) is 12.8 Å². The molecule has 2 fully saturated rings. The fourth-order valence-corrected chi connectivity index (χ4v) is 7.68. The van der Waals surface area contributed by atoms with Crippen LogP contribution in [-0.4, -0.2) is 142 Å². The van der Waals surface area contributed by atoms with Crippen molar-refractivity contribution in [3.8, 4) is 0 Å². The van der Waals surface area contributed by atoms with Crippen molar-refractivity contribution in [3.05, 3.63) is 12.2 Å². The van der Waals surface area contributed by atoms with Crippen LogP contribution in [0.15, 0.2) is 12.2 Å². The Morgan fingerprint density at radius 1 is 0.500 bits per heavy atom. The van der Waals surface area contributed by atoms with Crippen LogP contribution in [0.25, 0.3) is 0 Å². The van der Waals surface area contributed by atoms with Crippen molar-refractivity contribution in [2.75, 3.05) is 26.4 Å². The van der Waals surface area contributed by atoms with E-state index in [1.165, 1.54) is 96.3 Å². The van der Waals surface area contributed by atoms with Crippen LogP contribution < -0.4 is 0 Å². The van der Waals surface area contributed by atoms with Gasteiger partial charge in [-0.15, -0.1) is 0 Å². The molecule has 0 saturated carbocycles. The average Bonchev–Trinajstić information content (AvgIpc) is 3.26. The minimum absolute atomic E-state index is 0.167. The van der Waals surface area contributed by atoms with Gasteiger partial charge >= 0.3 is 11.9 Å². The molecule has 15 nitrogen and oxygen atoms in total. The van der Waals surface area contributed by atoms with Crippen LogP contribution in [0.2, 0.25) is 0 Å². The Bertz CT molecular complexity index is 1140. The van der Waals surface area contributed by atoms with Gasteiger partial charge in [-0.2, -0.15) is 0 Å². The molecule has 0 amide bonds. The molecule has 0 spiro atoms. The molecule has 2 aliphatic heterocycles. The molecule has 2 rings (SSSR count). The SMILES string of the molecule is CCCCCCCC/C=C/CCCCCC(=O)OC[C@H](CO[C@@H]1O[C@H](CO[C@@H]2O[C@H](CO)[C@H](O)C(O)C2O)[C@H](O)C(O)C1O)OC(=O)CCCCCCCCCCCCCCC. The lowest BCUT2D eigenvalue weighted by molar-refractivity contribution is -0.332. The molecule has 0 bridgehead atoms. The first-order valence-electron chi connectivity index (χ1n) is 24.3. The quantitative estimate of drug-likeness (QED) is 0.0221. The van der Waals surface area contributed by atoms with Crippen molar-refractivity contribution in [1.29, 1.82) is 0 Å². The highest BCUT2D eigenvalue weighted by atomic mass is 16.7. The van der Waals surface area contributed by atoms with E-state index in [-0.39, 0.29) is 26.1 Å². The lowest BCUT2D eigenvalue weighted by Crippen LogP contribution is -2.61. The minimum atomic E-state index is -1.76. The van der Waals surface area contributed by atoms with Crippen LogP contribution in [0.5, 0.6) is 0 Å². The van der Waals surface area contributed by atoms with Gasteiger partial charge in [0.1, 0.15) is 55.4 Å². The fraction of sp³-hybridized carbons (Fsp3) is 0.915. The second-order valence-electron chi connectivity index (χ2n) is 17.3. The van der Waals surface area contributed by atoms with Crippen LogP contribution in [0.4, 0.5) is 0 Å². The van der Waals surface area contributed by atoms with E-state index in [2.05, 4.69) is 26.0 Å². The lowest BCUT2D eigenvalue weighted by atomic mass is 9.98. The second kappa shape index (κ2) is 35.5. The number of unbranched alkanes of at least 4 members (excludes halogenated alkanes) is 21. The molecule has 364 valence electrons. The number of carbonyl (C=O) groups is 2. The Morgan fingerprint density at radius 3 is 1.44 bits per heavy atom. The summed E-state index contributed by atoms with van der Waals surface area (Å²) in [5.74, 6) is -0.937. The zero-order chi connectivity index (χ0) is 45.4. The summed E-state index contributed by atoms with van der Waals surface area (Å²) in [4.78, 5) is 25.6. The summed E-state index contributed by atoms with van der Waals surface area (Å²) in [5, 5.41) is 71.9. The Kier molecular flexibility index (Phi) is 32.3. The summed E-state index contributed by atoms with van der Waals surface area (Å²) >= 11 is 0. The van der Waals surface area contributed by atoms with Gasteiger partial charge in [-0.25, -0.2) is 0 Å². The molecule has 15 heteroatoms. The molecule has 2 heterocycles. The maximum atomic E-state index is 12.9. The first-order chi connectivity index (χ1) is 30.0. The van der Waals surface area contributed by atoms with Crippen LogP contribution >= 0.6 is 0 Å². The first-order valence-corrected chi connectivity index (χ1v) is 24.3. The molecule has 2 saturated heterocycles. The summed E-state index contributed by atoms with van der Waals surface area (Å²) in [6, 6.07) is 0. The van der Waals surface area contributed by atoms with E-state index in [9.17, 15) is 45.3 Å². The molecule has 0 aromatic heterocycles. The Hall–Kier alpha value is -1.76. The molecule has 0 radical (unpaired) electrons. The number of ether oxygens (including phenoxy) is 6. The molecular formula is C47H86O15. The number of aliphatic hydroxyl groups excluding tert-OH is 7. The second-order valence-corrected chi connectivity index (χ2v) is 17.3. The summed E-state index contributed by atoms with van der Waals surface area (Å²) < 4.78 is 33.5. The van der Waals surface area contributed by atoms with Gasteiger partial charge in [0.05, 0.1) is 19.8 Å². The molecule has 0 aliphatic carbocycles. The average molecular weight is 891 g/mol. The topological polar surface area (TPSA) is 231 Å². The highest BCUT2D eigenvalue weighted by Crippen LogP contribution is 2.26. The van der Waals surface area contributed by atoms with Gasteiger partial charge in [-0.1, -0.05) is 142 Å². The summed E-state index contributed by atoms with van der Waals surface area (Å²) in [6.45, 7) is 2.56. The Balaban J connectivity index is 1.84. The van der Waals surface area contributed by atoms with E-state index in [1.54, 1.807) is 0 Å². The van der Waals surface area contributed by atoms with Crippen molar-refractivity contribution in [2.24, 2.45) is 0 Å². The van der Waals surface area contributed by atoms with Crippen LogP contribution in [0, 0.1) is 0 Å². The predicted octanol–water partition coefficient (Wildman–Crippen LogP) is 5.82. The Morgan fingerprint density at radius 2 is 0.919 bits per heavy atom. The predicted molar refractivity (Wildman–Crippen MR) is 234 cm³/mol. The fourth-order valence-electron chi connectivity index (χ4n) is 7.68. The van der Waals surface area contributed by atoms with E-state index in [1.807, 2.05) is 0 Å². The molecule has 7 N–H and O–H groups in total. The van der Waals surface area contributed by atoms with Crippen molar-refractivity contribution >= 4 is 11.9 Å².